The van der Waals surface area contributed by atoms with Gasteiger partial charge in [-0.25, -0.2) is 13.2 Å². The van der Waals surface area contributed by atoms with Crippen molar-refractivity contribution in [1.29, 1.82) is 0 Å². The van der Waals surface area contributed by atoms with Gasteiger partial charge in [0.15, 0.2) is 0 Å². The van der Waals surface area contributed by atoms with E-state index in [2.05, 4.69) is 4.18 Å². The van der Waals surface area contributed by atoms with Crippen LogP contribution in [0.5, 0.6) is 5.75 Å². The fourth-order valence-corrected chi connectivity index (χ4v) is 3.30. The predicted octanol–water partition coefficient (Wildman–Crippen LogP) is 3.00. The largest absolute Gasteiger partial charge is 0.372 e. The summed E-state index contributed by atoms with van der Waals surface area (Å²) in [6, 6.07) is 5.67. The summed E-state index contributed by atoms with van der Waals surface area (Å²) in [6.07, 6.45) is 0. The molecule has 11 heteroatoms. The maximum absolute atomic E-state index is 13.7. The van der Waals surface area contributed by atoms with E-state index in [1.807, 2.05) is 0 Å². The number of aryl methyl sites for hydroxylation is 1. The van der Waals surface area contributed by atoms with Crippen LogP contribution in [-0.2, 0) is 17.2 Å². The summed E-state index contributed by atoms with van der Waals surface area (Å²) in [4.78, 5) is 10.9. The van der Waals surface area contributed by atoms with E-state index >= 15 is 0 Å². The van der Waals surface area contributed by atoms with Gasteiger partial charge < -0.3 is 8.75 Å². The van der Waals surface area contributed by atoms with Gasteiger partial charge in [0.2, 0.25) is 34.8 Å². The van der Waals surface area contributed by atoms with E-state index in [0.717, 1.165) is 18.2 Å². The number of nitrogens with zero attached hydrogens (tertiary/aromatic N) is 1. The zero-order valence-corrected chi connectivity index (χ0v) is 14.1. The van der Waals surface area contributed by atoms with Crippen LogP contribution >= 0.6 is 0 Å². The lowest BCUT2D eigenvalue weighted by Crippen LogP contribution is -2.16. The SMILES string of the molecule is Cn1c(=O)ccc2cc(S(=O)(=O)Oc3c(F)c(F)c(F)c(F)c3F)ccc21. The lowest BCUT2D eigenvalue weighted by molar-refractivity contribution is 0.346. The highest BCUT2D eigenvalue weighted by molar-refractivity contribution is 7.87. The van der Waals surface area contributed by atoms with Crippen LogP contribution < -0.4 is 9.74 Å². The van der Waals surface area contributed by atoms with Gasteiger partial charge >= 0.3 is 10.1 Å². The van der Waals surface area contributed by atoms with E-state index in [1.165, 1.54) is 23.7 Å². The van der Waals surface area contributed by atoms with Gasteiger partial charge in [-0.3, -0.25) is 4.79 Å². The Morgan fingerprint density at radius 1 is 0.852 bits per heavy atom. The van der Waals surface area contributed by atoms with Gasteiger partial charge in [-0.05, 0) is 29.7 Å². The van der Waals surface area contributed by atoms with Crippen molar-refractivity contribution in [1.82, 2.24) is 4.57 Å². The summed E-state index contributed by atoms with van der Waals surface area (Å²) in [7, 11) is -3.51. The molecule has 0 fully saturated rings. The summed E-state index contributed by atoms with van der Waals surface area (Å²) < 4.78 is 96.6. The smallest absolute Gasteiger partial charge is 0.339 e. The molecular weight excluding hydrogens is 397 g/mol. The minimum Gasteiger partial charge on any atom is -0.372 e. The Bertz CT molecular complexity index is 1220. The first-order chi connectivity index (χ1) is 12.5. The lowest BCUT2D eigenvalue weighted by Gasteiger charge is -2.11. The van der Waals surface area contributed by atoms with E-state index in [0.29, 0.717) is 5.52 Å². The summed E-state index contributed by atoms with van der Waals surface area (Å²) in [6.45, 7) is 0. The number of fused-ring (bicyclic) bond motifs is 1. The highest BCUT2D eigenvalue weighted by Crippen LogP contribution is 2.31. The molecule has 0 aliphatic heterocycles. The molecule has 3 aromatic rings. The Hall–Kier alpha value is -2.95. The second kappa shape index (κ2) is 6.34. The molecule has 3 rings (SSSR count). The second-order valence-corrected chi connectivity index (χ2v) is 6.93. The molecule has 0 amide bonds. The van der Waals surface area contributed by atoms with Gasteiger partial charge in [-0.15, -0.1) is 0 Å². The third-order valence-electron chi connectivity index (χ3n) is 3.75. The van der Waals surface area contributed by atoms with E-state index < -0.39 is 49.8 Å². The number of halogens is 5. The molecule has 0 saturated heterocycles. The van der Waals surface area contributed by atoms with Crippen LogP contribution in [0.4, 0.5) is 22.0 Å². The van der Waals surface area contributed by atoms with Gasteiger partial charge in [0.05, 0.1) is 5.52 Å². The van der Waals surface area contributed by atoms with Crippen LogP contribution in [-0.4, -0.2) is 13.0 Å². The van der Waals surface area contributed by atoms with Crippen molar-refractivity contribution >= 4 is 21.0 Å². The van der Waals surface area contributed by atoms with Gasteiger partial charge in [-0.1, -0.05) is 0 Å². The van der Waals surface area contributed by atoms with Crippen molar-refractivity contribution in [2.24, 2.45) is 7.05 Å². The van der Waals surface area contributed by atoms with Crippen LogP contribution in [0.25, 0.3) is 10.9 Å². The number of benzene rings is 2. The molecule has 5 nitrogen and oxygen atoms in total. The molecule has 0 radical (unpaired) electrons. The van der Waals surface area contributed by atoms with Gasteiger partial charge in [0, 0.05) is 13.1 Å². The molecule has 0 N–H and O–H groups in total. The number of rotatable bonds is 3. The van der Waals surface area contributed by atoms with E-state index in [1.54, 1.807) is 0 Å². The summed E-state index contributed by atoms with van der Waals surface area (Å²) in [5, 5.41) is 0.263. The maximum Gasteiger partial charge on any atom is 0.339 e. The Balaban J connectivity index is 2.13. The molecule has 0 spiro atoms. The summed E-state index contributed by atoms with van der Waals surface area (Å²) in [5.41, 5.74) is -0.0200. The van der Waals surface area contributed by atoms with Crippen LogP contribution in [0, 0.1) is 29.1 Å². The molecule has 0 atom stereocenters. The Morgan fingerprint density at radius 3 is 2.00 bits per heavy atom. The van der Waals surface area contributed by atoms with Crippen molar-refractivity contribution in [2.45, 2.75) is 4.90 Å². The van der Waals surface area contributed by atoms with Gasteiger partial charge in [0.1, 0.15) is 4.90 Å². The van der Waals surface area contributed by atoms with Gasteiger partial charge in [-0.2, -0.15) is 17.2 Å². The van der Waals surface area contributed by atoms with E-state index in [-0.39, 0.29) is 10.9 Å². The molecule has 1 aromatic heterocycles. The lowest BCUT2D eigenvalue weighted by atomic mass is 10.2. The third kappa shape index (κ3) is 3.03. The first-order valence-electron chi connectivity index (χ1n) is 7.10. The minimum atomic E-state index is -4.94. The summed E-state index contributed by atoms with van der Waals surface area (Å²) >= 11 is 0. The standard InChI is InChI=1S/C16H8F5NO4S/c1-22-9-4-3-8(6-7(9)2-5-10(22)23)27(24,25)26-16-14(20)12(18)11(17)13(19)15(16)21/h2-6H,1H3. The van der Waals surface area contributed by atoms with E-state index in [4.69, 9.17) is 0 Å². The van der Waals surface area contributed by atoms with Crippen LogP contribution in [0.15, 0.2) is 40.0 Å². The number of aromatic nitrogens is 1. The van der Waals surface area contributed by atoms with Crippen LogP contribution in [0.2, 0.25) is 0 Å². The zero-order chi connectivity index (χ0) is 20.1. The fourth-order valence-electron chi connectivity index (χ4n) is 2.33. The normalized spacial score (nSPS) is 11.8. The van der Waals surface area contributed by atoms with Crippen LogP contribution in [0.1, 0.15) is 0 Å². The van der Waals surface area contributed by atoms with Crippen LogP contribution in [0.3, 0.4) is 0 Å². The molecule has 0 saturated carbocycles. The van der Waals surface area contributed by atoms with Crippen molar-refractivity contribution in [3.8, 4) is 5.75 Å². The van der Waals surface area contributed by atoms with Crippen molar-refractivity contribution in [3.63, 3.8) is 0 Å². The van der Waals surface area contributed by atoms with Gasteiger partial charge in [0.25, 0.3) is 5.56 Å². The molecule has 27 heavy (non-hydrogen) atoms. The zero-order valence-electron chi connectivity index (χ0n) is 13.3. The average Bonchev–Trinajstić information content (AvgIpc) is 2.64. The monoisotopic (exact) mass is 405 g/mol. The molecule has 142 valence electrons. The first-order valence-corrected chi connectivity index (χ1v) is 8.51. The van der Waals surface area contributed by atoms with Crippen molar-refractivity contribution in [2.75, 3.05) is 0 Å². The third-order valence-corrected chi connectivity index (χ3v) is 4.97. The molecule has 0 bridgehead atoms. The van der Waals surface area contributed by atoms with E-state index in [9.17, 15) is 35.2 Å². The topological polar surface area (TPSA) is 65.4 Å². The number of hydrogen-bond acceptors (Lipinski definition) is 4. The molecule has 2 aromatic carbocycles. The Labute approximate surface area is 148 Å². The first kappa shape index (κ1) is 18.8. The highest BCUT2D eigenvalue weighted by Gasteiger charge is 2.31. The molecule has 1 heterocycles. The molecular formula is C16H8F5NO4S. The minimum absolute atomic E-state index is 0.263. The quantitative estimate of drug-likeness (QED) is 0.291. The van der Waals surface area contributed by atoms with Crippen molar-refractivity contribution in [3.05, 3.63) is 69.8 Å². The number of hydrogen-bond donors (Lipinski definition) is 0. The Morgan fingerprint density at radius 2 is 1.41 bits per heavy atom. The average molecular weight is 405 g/mol. The maximum atomic E-state index is 13.7. The highest BCUT2D eigenvalue weighted by atomic mass is 32.2. The summed E-state index contributed by atoms with van der Waals surface area (Å²) in [5.74, 6) is -13.9. The second-order valence-electron chi connectivity index (χ2n) is 5.39. The van der Waals surface area contributed by atoms with Crippen molar-refractivity contribution < 1.29 is 34.6 Å². The predicted molar refractivity (Wildman–Crippen MR) is 83.2 cm³/mol. The molecule has 0 aliphatic carbocycles. The fraction of sp³-hybridized carbons (Fsp3) is 0.0625. The number of pyridine rings is 1. The Kier molecular flexibility index (Phi) is 4.42. The molecule has 0 aliphatic rings. The molecule has 0 unspecified atom stereocenters.